The maximum Gasteiger partial charge on any atom is 0.241 e. The fourth-order valence-corrected chi connectivity index (χ4v) is 2.83. The normalized spacial score (nSPS) is 16.5. The van der Waals surface area contributed by atoms with Crippen LogP contribution >= 0.6 is 0 Å². The van der Waals surface area contributed by atoms with E-state index in [0.717, 1.165) is 24.6 Å². The molecule has 0 atom stereocenters. The number of carbonyl (C=O) groups excluding carboxylic acids is 1. The van der Waals surface area contributed by atoms with Gasteiger partial charge in [-0.3, -0.25) is 9.69 Å². The number of benzene rings is 1. The standard InChI is InChI=1S/C16H20N4O/c1-12-7-13(2)9-14(8-12)20-6-5-19(11-16(20)21)10-15-17-3-4-18-15/h3-4,7-9H,5-6,10-11H2,1-2H3,(H,17,18). The van der Waals surface area contributed by atoms with Crippen LogP contribution in [0.1, 0.15) is 17.0 Å². The van der Waals surface area contributed by atoms with E-state index in [-0.39, 0.29) is 5.91 Å². The second-order valence-electron chi connectivity index (χ2n) is 5.64. The maximum atomic E-state index is 12.4. The third kappa shape index (κ3) is 3.13. The van der Waals surface area contributed by atoms with E-state index in [1.807, 2.05) is 11.1 Å². The highest BCUT2D eigenvalue weighted by Gasteiger charge is 2.25. The minimum Gasteiger partial charge on any atom is -0.348 e. The molecule has 1 aliphatic heterocycles. The molecule has 0 spiro atoms. The molecule has 21 heavy (non-hydrogen) atoms. The number of anilines is 1. The van der Waals surface area contributed by atoms with Crippen molar-refractivity contribution >= 4 is 11.6 Å². The predicted molar refractivity (Wildman–Crippen MR) is 82.1 cm³/mol. The van der Waals surface area contributed by atoms with Crippen LogP contribution in [0.25, 0.3) is 0 Å². The Morgan fingerprint density at radius 2 is 1.95 bits per heavy atom. The summed E-state index contributed by atoms with van der Waals surface area (Å²) in [5.74, 6) is 1.06. The van der Waals surface area contributed by atoms with E-state index in [9.17, 15) is 4.79 Å². The van der Waals surface area contributed by atoms with Crippen LogP contribution in [-0.4, -0.2) is 40.4 Å². The Morgan fingerprint density at radius 1 is 1.19 bits per heavy atom. The lowest BCUT2D eigenvalue weighted by molar-refractivity contribution is -0.121. The van der Waals surface area contributed by atoms with Gasteiger partial charge in [0, 0.05) is 31.2 Å². The molecule has 0 radical (unpaired) electrons. The number of hydrogen-bond donors (Lipinski definition) is 1. The third-order valence-electron chi connectivity index (χ3n) is 3.75. The van der Waals surface area contributed by atoms with E-state index in [0.29, 0.717) is 13.1 Å². The molecule has 5 nitrogen and oxygen atoms in total. The minimum atomic E-state index is 0.151. The molecule has 0 unspecified atom stereocenters. The van der Waals surface area contributed by atoms with Crippen LogP contribution in [0.3, 0.4) is 0 Å². The number of nitrogens with one attached hydrogen (secondary N) is 1. The Bertz CT molecular complexity index is 615. The van der Waals surface area contributed by atoms with Crippen molar-refractivity contribution in [3.05, 3.63) is 47.5 Å². The zero-order valence-corrected chi connectivity index (χ0v) is 12.5. The summed E-state index contributed by atoms with van der Waals surface area (Å²) in [6.45, 7) is 6.84. The molecule has 1 aliphatic rings. The van der Waals surface area contributed by atoms with Gasteiger partial charge in [-0.15, -0.1) is 0 Å². The van der Waals surface area contributed by atoms with Crippen LogP contribution in [0.5, 0.6) is 0 Å². The van der Waals surface area contributed by atoms with Gasteiger partial charge in [0.25, 0.3) is 0 Å². The third-order valence-corrected chi connectivity index (χ3v) is 3.75. The number of H-pyrrole nitrogens is 1. The lowest BCUT2D eigenvalue weighted by atomic mass is 10.1. The number of aryl methyl sites for hydroxylation is 2. The highest BCUT2D eigenvalue weighted by molar-refractivity contribution is 5.95. The Hall–Kier alpha value is -2.14. The van der Waals surface area contributed by atoms with E-state index < -0.39 is 0 Å². The molecular formula is C16H20N4O. The molecule has 1 fully saturated rings. The quantitative estimate of drug-likeness (QED) is 0.936. The van der Waals surface area contributed by atoms with E-state index in [4.69, 9.17) is 0 Å². The molecule has 1 aromatic heterocycles. The second kappa shape index (κ2) is 5.69. The number of amides is 1. The van der Waals surface area contributed by atoms with E-state index in [1.54, 1.807) is 6.20 Å². The number of nitrogens with zero attached hydrogens (tertiary/aromatic N) is 3. The van der Waals surface area contributed by atoms with Crippen LogP contribution in [-0.2, 0) is 11.3 Å². The highest BCUT2D eigenvalue weighted by Crippen LogP contribution is 2.21. The number of imidazole rings is 1. The van der Waals surface area contributed by atoms with Gasteiger partial charge >= 0.3 is 0 Å². The Labute approximate surface area is 124 Å². The van der Waals surface area contributed by atoms with Crippen LogP contribution in [0.2, 0.25) is 0 Å². The van der Waals surface area contributed by atoms with Crippen LogP contribution in [0.4, 0.5) is 5.69 Å². The molecule has 1 saturated heterocycles. The number of carbonyl (C=O) groups is 1. The fourth-order valence-electron chi connectivity index (χ4n) is 2.83. The molecule has 0 bridgehead atoms. The van der Waals surface area contributed by atoms with Gasteiger partial charge in [0.05, 0.1) is 13.1 Å². The molecule has 0 aliphatic carbocycles. The number of rotatable bonds is 3. The van der Waals surface area contributed by atoms with Gasteiger partial charge in [-0.2, -0.15) is 0 Å². The first kappa shape index (κ1) is 13.8. The lowest BCUT2D eigenvalue weighted by Gasteiger charge is -2.34. The van der Waals surface area contributed by atoms with Crippen molar-refractivity contribution in [2.75, 3.05) is 24.5 Å². The Morgan fingerprint density at radius 3 is 2.57 bits per heavy atom. The van der Waals surface area contributed by atoms with Gasteiger partial charge in [-0.1, -0.05) is 6.07 Å². The van der Waals surface area contributed by atoms with Crippen LogP contribution in [0, 0.1) is 13.8 Å². The summed E-state index contributed by atoms with van der Waals surface area (Å²) in [4.78, 5) is 23.7. The maximum absolute atomic E-state index is 12.4. The Balaban J connectivity index is 1.69. The van der Waals surface area contributed by atoms with Gasteiger partial charge < -0.3 is 9.88 Å². The summed E-state index contributed by atoms with van der Waals surface area (Å²) in [6.07, 6.45) is 3.55. The molecule has 1 N–H and O–H groups in total. The van der Waals surface area contributed by atoms with E-state index in [1.165, 1.54) is 11.1 Å². The average molecular weight is 284 g/mol. The SMILES string of the molecule is Cc1cc(C)cc(N2CCN(Cc3ncc[nH]3)CC2=O)c1. The van der Waals surface area contributed by atoms with Crippen molar-refractivity contribution in [1.29, 1.82) is 0 Å². The molecule has 3 rings (SSSR count). The summed E-state index contributed by atoms with van der Waals surface area (Å²) in [5, 5.41) is 0. The smallest absolute Gasteiger partial charge is 0.241 e. The number of aromatic nitrogens is 2. The largest absolute Gasteiger partial charge is 0.348 e. The zero-order valence-electron chi connectivity index (χ0n) is 12.5. The molecular weight excluding hydrogens is 264 g/mol. The minimum absolute atomic E-state index is 0.151. The van der Waals surface area contributed by atoms with Gasteiger partial charge in [0.1, 0.15) is 5.82 Å². The molecule has 110 valence electrons. The van der Waals surface area contributed by atoms with Gasteiger partial charge in [0.15, 0.2) is 0 Å². The summed E-state index contributed by atoms with van der Waals surface area (Å²) >= 11 is 0. The van der Waals surface area contributed by atoms with Crippen LogP contribution in [0.15, 0.2) is 30.6 Å². The first-order valence-corrected chi connectivity index (χ1v) is 7.21. The van der Waals surface area contributed by atoms with Gasteiger partial charge in [0.2, 0.25) is 5.91 Å². The van der Waals surface area contributed by atoms with E-state index in [2.05, 4.69) is 46.9 Å². The zero-order chi connectivity index (χ0) is 14.8. The van der Waals surface area contributed by atoms with E-state index >= 15 is 0 Å². The average Bonchev–Trinajstić information content (AvgIpc) is 2.90. The van der Waals surface area contributed by atoms with Crippen molar-refractivity contribution in [2.45, 2.75) is 20.4 Å². The number of hydrogen-bond acceptors (Lipinski definition) is 3. The van der Waals surface area contributed by atoms with Crippen molar-refractivity contribution in [3.63, 3.8) is 0 Å². The van der Waals surface area contributed by atoms with Crippen molar-refractivity contribution in [2.24, 2.45) is 0 Å². The first-order valence-electron chi connectivity index (χ1n) is 7.21. The molecule has 0 saturated carbocycles. The number of piperazine rings is 1. The molecule has 1 amide bonds. The summed E-state index contributed by atoms with van der Waals surface area (Å²) in [5.41, 5.74) is 3.39. The topological polar surface area (TPSA) is 52.2 Å². The highest BCUT2D eigenvalue weighted by atomic mass is 16.2. The van der Waals surface area contributed by atoms with Crippen LogP contribution < -0.4 is 4.90 Å². The Kier molecular flexibility index (Phi) is 3.75. The predicted octanol–water partition coefficient (Wildman–Crippen LogP) is 1.88. The summed E-state index contributed by atoms with van der Waals surface area (Å²) < 4.78 is 0. The molecule has 2 aromatic rings. The number of aromatic amines is 1. The first-order chi connectivity index (χ1) is 10.1. The van der Waals surface area contributed by atoms with Crippen molar-refractivity contribution < 1.29 is 4.79 Å². The van der Waals surface area contributed by atoms with Crippen molar-refractivity contribution in [1.82, 2.24) is 14.9 Å². The monoisotopic (exact) mass is 284 g/mol. The van der Waals surface area contributed by atoms with Gasteiger partial charge in [-0.25, -0.2) is 4.98 Å². The van der Waals surface area contributed by atoms with Gasteiger partial charge in [-0.05, 0) is 37.1 Å². The lowest BCUT2D eigenvalue weighted by Crippen LogP contribution is -2.50. The second-order valence-corrected chi connectivity index (χ2v) is 5.64. The fraction of sp³-hybridized carbons (Fsp3) is 0.375. The van der Waals surface area contributed by atoms with Crippen molar-refractivity contribution in [3.8, 4) is 0 Å². The molecule has 2 heterocycles. The summed E-state index contributed by atoms with van der Waals surface area (Å²) in [6, 6.07) is 6.28. The molecule has 5 heteroatoms. The summed E-state index contributed by atoms with van der Waals surface area (Å²) in [7, 11) is 0. The molecule has 1 aromatic carbocycles.